The molecule has 2 aromatic heterocycles. The lowest BCUT2D eigenvalue weighted by atomic mass is 9.96. The van der Waals surface area contributed by atoms with Gasteiger partial charge in [-0.2, -0.15) is 4.98 Å². The highest BCUT2D eigenvalue weighted by Crippen LogP contribution is 2.24. The first-order valence-corrected chi connectivity index (χ1v) is 9.44. The van der Waals surface area contributed by atoms with E-state index in [1.807, 2.05) is 5.38 Å². The largest absolute Gasteiger partial charge is 0.481 e. The summed E-state index contributed by atoms with van der Waals surface area (Å²) in [6, 6.07) is 1.73. The first kappa shape index (κ1) is 17.6. The summed E-state index contributed by atoms with van der Waals surface area (Å²) < 4.78 is 5.14. The number of hydrogen-bond donors (Lipinski definition) is 1. The van der Waals surface area contributed by atoms with Crippen LogP contribution in [0.3, 0.4) is 0 Å². The number of ether oxygens (including phenoxy) is 1. The van der Waals surface area contributed by atoms with Gasteiger partial charge in [-0.1, -0.05) is 13.3 Å². The smallest absolute Gasteiger partial charge is 0.229 e. The monoisotopic (exact) mass is 361 g/mol. The fourth-order valence-electron chi connectivity index (χ4n) is 2.88. The summed E-state index contributed by atoms with van der Waals surface area (Å²) in [4.78, 5) is 27.7. The minimum atomic E-state index is 0.000355. The molecule has 1 amide bonds. The summed E-state index contributed by atoms with van der Waals surface area (Å²) in [7, 11) is 1.59. The van der Waals surface area contributed by atoms with Gasteiger partial charge in [0.05, 0.1) is 12.8 Å². The van der Waals surface area contributed by atoms with E-state index >= 15 is 0 Å². The Morgan fingerprint density at radius 3 is 2.92 bits per heavy atom. The third-order valence-corrected chi connectivity index (χ3v) is 5.07. The number of aromatic nitrogens is 3. The van der Waals surface area contributed by atoms with Crippen molar-refractivity contribution >= 4 is 28.3 Å². The fraction of sp³-hybridized carbons (Fsp3) is 0.529. The van der Waals surface area contributed by atoms with Crippen LogP contribution in [0, 0.1) is 5.92 Å². The molecule has 1 saturated heterocycles. The number of nitrogens with one attached hydrogen (secondary N) is 1. The molecule has 0 radical (unpaired) electrons. The van der Waals surface area contributed by atoms with E-state index in [0.29, 0.717) is 17.0 Å². The minimum absolute atomic E-state index is 0.000355. The van der Waals surface area contributed by atoms with Gasteiger partial charge in [0.1, 0.15) is 0 Å². The number of amides is 1. The summed E-state index contributed by atoms with van der Waals surface area (Å²) in [5.74, 6) is 1.27. The molecule has 0 bridgehead atoms. The number of anilines is 2. The molecule has 0 atom stereocenters. The van der Waals surface area contributed by atoms with Gasteiger partial charge in [0.15, 0.2) is 5.13 Å². The summed E-state index contributed by atoms with van der Waals surface area (Å²) in [6.07, 6.45) is 5.25. The lowest BCUT2D eigenvalue weighted by molar-refractivity contribution is -0.120. The second kappa shape index (κ2) is 8.24. The summed E-state index contributed by atoms with van der Waals surface area (Å²) >= 11 is 1.50. The van der Waals surface area contributed by atoms with E-state index in [4.69, 9.17) is 4.74 Å². The lowest BCUT2D eigenvalue weighted by Crippen LogP contribution is -2.39. The Morgan fingerprint density at radius 1 is 1.40 bits per heavy atom. The molecule has 3 rings (SSSR count). The third kappa shape index (κ3) is 4.45. The van der Waals surface area contributed by atoms with Crippen LogP contribution >= 0.6 is 11.3 Å². The molecule has 0 spiro atoms. The van der Waals surface area contributed by atoms with Crippen LogP contribution in [0.15, 0.2) is 17.6 Å². The Balaban J connectivity index is 1.53. The normalized spacial score (nSPS) is 15.2. The number of carbonyl (C=O) groups is 1. The van der Waals surface area contributed by atoms with Crippen molar-refractivity contribution in [3.8, 4) is 5.88 Å². The van der Waals surface area contributed by atoms with Crippen molar-refractivity contribution in [2.75, 3.05) is 30.4 Å². The van der Waals surface area contributed by atoms with Crippen molar-refractivity contribution in [3.05, 3.63) is 23.3 Å². The molecule has 1 fully saturated rings. The molecule has 0 aromatic carbocycles. The van der Waals surface area contributed by atoms with Gasteiger partial charge in [0.2, 0.25) is 17.7 Å². The molecule has 3 heterocycles. The van der Waals surface area contributed by atoms with Crippen LogP contribution < -0.4 is 15.0 Å². The lowest BCUT2D eigenvalue weighted by Gasteiger charge is -2.31. The Hall–Kier alpha value is -2.22. The second-order valence-corrected chi connectivity index (χ2v) is 6.90. The Morgan fingerprint density at radius 2 is 2.20 bits per heavy atom. The Labute approximate surface area is 151 Å². The van der Waals surface area contributed by atoms with Crippen LogP contribution in [0.2, 0.25) is 0 Å². The zero-order valence-electron chi connectivity index (χ0n) is 14.6. The second-order valence-electron chi connectivity index (χ2n) is 6.04. The van der Waals surface area contributed by atoms with E-state index < -0.39 is 0 Å². The number of methoxy groups -OCH3 is 1. The van der Waals surface area contributed by atoms with E-state index in [1.54, 1.807) is 19.4 Å². The van der Waals surface area contributed by atoms with Crippen molar-refractivity contribution in [1.29, 1.82) is 0 Å². The molecule has 0 aliphatic carbocycles. The zero-order valence-corrected chi connectivity index (χ0v) is 15.4. The van der Waals surface area contributed by atoms with Crippen LogP contribution in [0.1, 0.15) is 31.9 Å². The number of nitrogens with zero attached hydrogens (tertiary/aromatic N) is 4. The number of piperidine rings is 1. The number of aryl methyl sites for hydroxylation is 1. The van der Waals surface area contributed by atoms with Crippen molar-refractivity contribution in [3.63, 3.8) is 0 Å². The summed E-state index contributed by atoms with van der Waals surface area (Å²) in [6.45, 7) is 3.63. The highest BCUT2D eigenvalue weighted by Gasteiger charge is 2.26. The van der Waals surface area contributed by atoms with Crippen molar-refractivity contribution < 1.29 is 9.53 Å². The average Bonchev–Trinajstić information content (AvgIpc) is 3.09. The van der Waals surface area contributed by atoms with Crippen molar-refractivity contribution in [1.82, 2.24) is 15.0 Å². The van der Waals surface area contributed by atoms with Crippen LogP contribution in [0.25, 0.3) is 0 Å². The first-order valence-electron chi connectivity index (χ1n) is 8.57. The van der Waals surface area contributed by atoms with E-state index in [0.717, 1.165) is 44.5 Å². The van der Waals surface area contributed by atoms with Gasteiger partial charge >= 0.3 is 0 Å². The first-order chi connectivity index (χ1) is 12.2. The molecule has 7 nitrogen and oxygen atoms in total. The SMILES string of the molecule is CCCc1csc(NC(=O)C2CCN(c3nccc(OC)n3)CC2)n1. The van der Waals surface area contributed by atoms with Gasteiger partial charge in [0.25, 0.3) is 0 Å². The Kier molecular flexibility index (Phi) is 5.80. The standard InChI is InChI=1S/C17H23N5O2S/c1-3-4-13-11-25-17(19-13)21-15(23)12-6-9-22(10-7-12)16-18-8-5-14(20-16)24-2/h5,8,11-12H,3-4,6-7,9-10H2,1-2H3,(H,19,21,23). The molecule has 134 valence electrons. The van der Waals surface area contributed by atoms with Gasteiger partial charge in [-0.15, -0.1) is 11.3 Å². The Bertz CT molecular complexity index is 713. The molecule has 0 saturated carbocycles. The van der Waals surface area contributed by atoms with Gasteiger partial charge < -0.3 is 15.0 Å². The molecule has 1 aliphatic rings. The molecule has 2 aromatic rings. The average molecular weight is 361 g/mol. The summed E-state index contributed by atoms with van der Waals surface area (Å²) in [5.41, 5.74) is 1.05. The number of hydrogen-bond acceptors (Lipinski definition) is 7. The van der Waals surface area contributed by atoms with Gasteiger partial charge in [-0.3, -0.25) is 4.79 Å². The van der Waals surface area contributed by atoms with Gasteiger partial charge in [-0.05, 0) is 19.3 Å². The highest BCUT2D eigenvalue weighted by atomic mass is 32.1. The number of rotatable bonds is 6. The van der Waals surface area contributed by atoms with Crippen LogP contribution in [0.5, 0.6) is 5.88 Å². The number of thiazole rings is 1. The maximum absolute atomic E-state index is 12.5. The minimum Gasteiger partial charge on any atom is -0.481 e. The molecular formula is C17H23N5O2S. The van der Waals surface area contributed by atoms with E-state index in [1.165, 1.54) is 11.3 Å². The third-order valence-electron chi connectivity index (χ3n) is 4.26. The van der Waals surface area contributed by atoms with Crippen LogP contribution in [-0.2, 0) is 11.2 Å². The van der Waals surface area contributed by atoms with E-state index in [-0.39, 0.29) is 11.8 Å². The molecule has 25 heavy (non-hydrogen) atoms. The van der Waals surface area contributed by atoms with Gasteiger partial charge in [-0.25, -0.2) is 9.97 Å². The molecule has 1 N–H and O–H groups in total. The molecule has 8 heteroatoms. The summed E-state index contributed by atoms with van der Waals surface area (Å²) in [5, 5.41) is 5.68. The highest BCUT2D eigenvalue weighted by molar-refractivity contribution is 7.13. The molecule has 0 unspecified atom stereocenters. The number of carbonyl (C=O) groups excluding carboxylic acids is 1. The van der Waals surface area contributed by atoms with Crippen LogP contribution in [-0.4, -0.2) is 41.1 Å². The predicted molar refractivity (Wildman–Crippen MR) is 98.3 cm³/mol. The molecule has 1 aliphatic heterocycles. The zero-order chi connectivity index (χ0) is 17.6. The molecular weight excluding hydrogens is 338 g/mol. The van der Waals surface area contributed by atoms with Gasteiger partial charge in [0, 0.05) is 36.7 Å². The maximum atomic E-state index is 12.5. The van der Waals surface area contributed by atoms with E-state index in [2.05, 4.69) is 32.1 Å². The van der Waals surface area contributed by atoms with Crippen LogP contribution in [0.4, 0.5) is 11.1 Å². The topological polar surface area (TPSA) is 80.2 Å². The fourth-order valence-corrected chi connectivity index (χ4v) is 3.63. The quantitative estimate of drug-likeness (QED) is 0.852. The van der Waals surface area contributed by atoms with Crippen molar-refractivity contribution in [2.45, 2.75) is 32.6 Å². The maximum Gasteiger partial charge on any atom is 0.229 e. The van der Waals surface area contributed by atoms with E-state index in [9.17, 15) is 4.79 Å². The van der Waals surface area contributed by atoms with Crippen molar-refractivity contribution in [2.24, 2.45) is 5.92 Å². The predicted octanol–water partition coefficient (Wildman–Crippen LogP) is 2.75.